The molecule has 1 N–H and O–H groups in total. The Balaban J connectivity index is 1.92. The smallest absolute Gasteiger partial charge is 0.246 e. The van der Waals surface area contributed by atoms with E-state index in [1.54, 1.807) is 32.6 Å². The summed E-state index contributed by atoms with van der Waals surface area (Å²) in [5, 5.41) is 0. The van der Waals surface area contributed by atoms with E-state index < -0.39 is 5.41 Å². The predicted octanol–water partition coefficient (Wildman–Crippen LogP) is 3.96. The molecule has 0 atom stereocenters. The van der Waals surface area contributed by atoms with Crippen LogP contribution in [0.5, 0.6) is 0 Å². The molecule has 144 valence electrons. The third kappa shape index (κ3) is 4.01. The van der Waals surface area contributed by atoms with Crippen LogP contribution in [-0.2, 0) is 4.79 Å². The highest BCUT2D eigenvalue weighted by Gasteiger charge is 2.26. The lowest BCUT2D eigenvalue weighted by molar-refractivity contribution is -0.123. The van der Waals surface area contributed by atoms with Crippen LogP contribution >= 0.6 is 0 Å². The van der Waals surface area contributed by atoms with Gasteiger partial charge in [0.2, 0.25) is 5.91 Å². The molecule has 0 spiro atoms. The Morgan fingerprint density at radius 3 is 2.39 bits per heavy atom. The quantitative estimate of drug-likeness (QED) is 0.552. The van der Waals surface area contributed by atoms with Crippen LogP contribution in [0.3, 0.4) is 0 Å². The van der Waals surface area contributed by atoms with Crippen molar-refractivity contribution in [2.75, 3.05) is 14.1 Å². The van der Waals surface area contributed by atoms with Crippen LogP contribution in [0.25, 0.3) is 28.5 Å². The molecule has 3 aromatic rings. The van der Waals surface area contributed by atoms with Crippen molar-refractivity contribution in [1.82, 2.24) is 19.9 Å². The maximum Gasteiger partial charge on any atom is 0.246 e. The predicted molar refractivity (Wildman–Crippen MR) is 111 cm³/mol. The van der Waals surface area contributed by atoms with E-state index in [1.807, 2.05) is 45.0 Å². The lowest BCUT2D eigenvalue weighted by atomic mass is 9.87. The number of aromatic amines is 1. The van der Waals surface area contributed by atoms with Gasteiger partial charge in [0, 0.05) is 37.3 Å². The van der Waals surface area contributed by atoms with Gasteiger partial charge in [-0.15, -0.1) is 0 Å². The summed E-state index contributed by atoms with van der Waals surface area (Å²) < 4.78 is 0. The lowest BCUT2D eigenvalue weighted by Gasteiger charge is -2.15. The first-order chi connectivity index (χ1) is 13.2. The summed E-state index contributed by atoms with van der Waals surface area (Å²) in [4.78, 5) is 38.0. The first-order valence-corrected chi connectivity index (χ1v) is 9.05. The molecule has 0 bridgehead atoms. The number of rotatable bonds is 4. The van der Waals surface area contributed by atoms with Crippen LogP contribution in [0, 0.1) is 5.41 Å². The van der Waals surface area contributed by atoms with Crippen LogP contribution in [0.1, 0.15) is 36.7 Å². The average molecular weight is 376 g/mol. The summed E-state index contributed by atoms with van der Waals surface area (Å²) in [6, 6.07) is 7.68. The van der Waals surface area contributed by atoms with E-state index in [1.165, 1.54) is 11.0 Å². The van der Waals surface area contributed by atoms with Gasteiger partial charge in [-0.1, -0.05) is 45.0 Å². The third-order valence-corrected chi connectivity index (χ3v) is 4.37. The highest BCUT2D eigenvalue weighted by Crippen LogP contribution is 2.27. The molecule has 0 aliphatic heterocycles. The molecule has 28 heavy (non-hydrogen) atoms. The fourth-order valence-electron chi connectivity index (χ4n) is 2.69. The number of likely N-dealkylation sites (N-methyl/N-ethyl adjacent to an activating group) is 1. The molecular formula is C22H24N4O2. The average Bonchev–Trinajstić information content (AvgIpc) is 3.08. The molecule has 2 heterocycles. The van der Waals surface area contributed by atoms with Crippen molar-refractivity contribution >= 4 is 28.9 Å². The summed E-state index contributed by atoms with van der Waals surface area (Å²) in [7, 11) is 3.43. The number of ketones is 1. The van der Waals surface area contributed by atoms with Crippen molar-refractivity contribution in [1.29, 1.82) is 0 Å². The molecule has 0 radical (unpaired) electrons. The van der Waals surface area contributed by atoms with Crippen LogP contribution in [0.15, 0.2) is 42.7 Å². The first-order valence-electron chi connectivity index (χ1n) is 9.05. The summed E-state index contributed by atoms with van der Waals surface area (Å²) in [5.74, 6) is -0.0415. The van der Waals surface area contributed by atoms with Crippen molar-refractivity contribution in [2.45, 2.75) is 20.8 Å². The largest absolute Gasteiger partial charge is 0.345 e. The second kappa shape index (κ2) is 7.38. The number of Topliss-reactive ketones (excluding diaryl/α,β-unsaturated/α-hetero) is 1. The molecule has 3 rings (SSSR count). The second-order valence-corrected chi connectivity index (χ2v) is 7.92. The molecular weight excluding hydrogens is 352 g/mol. The Bertz CT molecular complexity index is 1050. The van der Waals surface area contributed by atoms with E-state index in [0.717, 1.165) is 11.1 Å². The van der Waals surface area contributed by atoms with Gasteiger partial charge in [-0.2, -0.15) is 0 Å². The van der Waals surface area contributed by atoms with E-state index in [2.05, 4.69) is 15.0 Å². The molecule has 6 heteroatoms. The van der Waals surface area contributed by atoms with Gasteiger partial charge in [0.15, 0.2) is 11.4 Å². The number of fused-ring (bicyclic) bond motifs is 1. The van der Waals surface area contributed by atoms with Gasteiger partial charge in [-0.25, -0.2) is 9.97 Å². The third-order valence-electron chi connectivity index (χ3n) is 4.37. The van der Waals surface area contributed by atoms with Crippen molar-refractivity contribution in [2.24, 2.45) is 5.41 Å². The van der Waals surface area contributed by atoms with E-state index in [-0.39, 0.29) is 11.7 Å². The number of carbonyl (C=O) groups is 2. The summed E-state index contributed by atoms with van der Waals surface area (Å²) in [6.07, 6.45) is 6.67. The van der Waals surface area contributed by atoms with E-state index in [9.17, 15) is 9.59 Å². The summed E-state index contributed by atoms with van der Waals surface area (Å²) in [6.45, 7) is 5.66. The number of amides is 1. The van der Waals surface area contributed by atoms with Gasteiger partial charge in [-0.05, 0) is 11.6 Å². The number of H-pyrrole nitrogens is 1. The molecule has 1 amide bonds. The number of nitrogens with zero attached hydrogens (tertiary/aromatic N) is 3. The van der Waals surface area contributed by atoms with Crippen molar-refractivity contribution in [3.8, 4) is 11.3 Å². The molecule has 1 aromatic carbocycles. The second-order valence-electron chi connectivity index (χ2n) is 7.92. The lowest BCUT2D eigenvalue weighted by Crippen LogP contribution is -2.20. The van der Waals surface area contributed by atoms with Gasteiger partial charge in [0.05, 0.1) is 17.5 Å². The molecule has 0 aliphatic carbocycles. The van der Waals surface area contributed by atoms with Crippen LogP contribution in [0.2, 0.25) is 0 Å². The number of benzene rings is 1. The van der Waals surface area contributed by atoms with E-state index in [0.29, 0.717) is 22.4 Å². The summed E-state index contributed by atoms with van der Waals surface area (Å²) >= 11 is 0. The zero-order chi connectivity index (χ0) is 20.5. The maximum atomic E-state index is 12.7. The zero-order valence-corrected chi connectivity index (χ0v) is 16.8. The zero-order valence-electron chi connectivity index (χ0n) is 16.8. The fraction of sp³-hybridized carbons (Fsp3) is 0.273. The van der Waals surface area contributed by atoms with Crippen molar-refractivity contribution in [3.63, 3.8) is 0 Å². The normalized spacial score (nSPS) is 11.9. The highest BCUT2D eigenvalue weighted by molar-refractivity contribution is 6.08. The minimum atomic E-state index is -0.495. The summed E-state index contributed by atoms with van der Waals surface area (Å²) in [5.41, 5.74) is 3.73. The standard InChI is InChI=1S/C22H24N4O2/c1-22(2,3)20(28)16-12-23-21-19(16)25-17(13-24-21)15-9-6-14(7-10-15)8-11-18(27)26(4)5/h6-13H,1-5H3,(H,23,24). The van der Waals surface area contributed by atoms with Gasteiger partial charge < -0.3 is 9.88 Å². The van der Waals surface area contributed by atoms with Crippen LogP contribution in [0.4, 0.5) is 0 Å². The minimum Gasteiger partial charge on any atom is -0.345 e. The Labute approximate surface area is 164 Å². The number of hydrogen-bond donors (Lipinski definition) is 1. The van der Waals surface area contributed by atoms with Crippen molar-refractivity contribution in [3.05, 3.63) is 53.9 Å². The number of aromatic nitrogens is 3. The monoisotopic (exact) mass is 376 g/mol. The SMILES string of the molecule is CN(C)C(=O)C=Cc1ccc(-c2cnc3[nH]cc(C(=O)C(C)(C)C)c3n2)cc1. The Morgan fingerprint density at radius 1 is 1.11 bits per heavy atom. The Kier molecular flexibility index (Phi) is 5.14. The Morgan fingerprint density at radius 2 is 1.79 bits per heavy atom. The van der Waals surface area contributed by atoms with Gasteiger partial charge >= 0.3 is 0 Å². The first kappa shape index (κ1) is 19.5. The van der Waals surface area contributed by atoms with E-state index in [4.69, 9.17) is 0 Å². The van der Waals surface area contributed by atoms with Crippen molar-refractivity contribution < 1.29 is 9.59 Å². The number of nitrogens with one attached hydrogen (secondary N) is 1. The molecule has 0 fully saturated rings. The Hall–Kier alpha value is -3.28. The molecule has 0 saturated carbocycles. The van der Waals surface area contributed by atoms with Gasteiger partial charge in [0.25, 0.3) is 0 Å². The minimum absolute atomic E-state index is 0.0243. The van der Waals surface area contributed by atoms with Gasteiger partial charge in [-0.3, -0.25) is 9.59 Å². The van der Waals surface area contributed by atoms with Gasteiger partial charge in [0.1, 0.15) is 5.52 Å². The maximum absolute atomic E-state index is 12.7. The van der Waals surface area contributed by atoms with E-state index >= 15 is 0 Å². The molecule has 0 aliphatic rings. The number of carbonyl (C=O) groups excluding carboxylic acids is 2. The fourth-order valence-corrected chi connectivity index (χ4v) is 2.69. The molecule has 6 nitrogen and oxygen atoms in total. The van der Waals surface area contributed by atoms with Crippen LogP contribution in [-0.4, -0.2) is 45.6 Å². The molecule has 0 saturated heterocycles. The van der Waals surface area contributed by atoms with Crippen LogP contribution < -0.4 is 0 Å². The topological polar surface area (TPSA) is 79.0 Å². The molecule has 2 aromatic heterocycles. The number of hydrogen-bond acceptors (Lipinski definition) is 4. The molecule has 0 unspecified atom stereocenters. The highest BCUT2D eigenvalue weighted by atomic mass is 16.2.